The van der Waals surface area contributed by atoms with Gasteiger partial charge in [-0.1, -0.05) is 23.2 Å². The molecule has 35 heavy (non-hydrogen) atoms. The molecule has 5 atom stereocenters. The Bertz CT molecular complexity index is 1040. The number of aromatic nitrogens is 1. The van der Waals surface area contributed by atoms with Crippen molar-refractivity contribution in [2.75, 3.05) is 27.9 Å². The summed E-state index contributed by atoms with van der Waals surface area (Å²) in [6, 6.07) is 4.33. The van der Waals surface area contributed by atoms with Gasteiger partial charge in [0, 0.05) is 18.9 Å². The van der Waals surface area contributed by atoms with E-state index >= 15 is 0 Å². The molecule has 3 rings (SSSR count). The minimum absolute atomic E-state index is 0.0440. The molecule has 1 aromatic carbocycles. The van der Waals surface area contributed by atoms with E-state index in [-0.39, 0.29) is 34.6 Å². The van der Waals surface area contributed by atoms with E-state index < -0.39 is 43.3 Å². The highest BCUT2D eigenvalue weighted by molar-refractivity contribution is 6.32. The molecule has 0 spiro atoms. The summed E-state index contributed by atoms with van der Waals surface area (Å²) in [5, 5.41) is 30.3. The number of hydrogen-bond donors (Lipinski definition) is 3. The lowest BCUT2D eigenvalue weighted by Crippen LogP contribution is -2.59. The Hall–Kier alpha value is -2.38. The van der Waals surface area contributed by atoms with Gasteiger partial charge in [0.05, 0.1) is 24.8 Å². The summed E-state index contributed by atoms with van der Waals surface area (Å²) in [6.45, 7) is -0.366. The van der Waals surface area contributed by atoms with Gasteiger partial charge in [0.1, 0.15) is 42.7 Å². The van der Waals surface area contributed by atoms with E-state index in [1.54, 1.807) is 6.07 Å². The molecule has 2 heterocycles. The van der Waals surface area contributed by atoms with Crippen LogP contribution in [0.4, 0.5) is 0 Å². The number of aliphatic hydroxyl groups is 3. The number of carbonyl (C=O) groups is 1. The minimum atomic E-state index is -1.54. The topological polar surface area (TPSA) is 146 Å². The fourth-order valence-electron chi connectivity index (χ4n) is 3.32. The number of carbonyl (C=O) groups excluding carboxylic acids is 1. The Morgan fingerprint density at radius 1 is 1.03 bits per heavy atom. The zero-order valence-corrected chi connectivity index (χ0v) is 20.5. The van der Waals surface area contributed by atoms with Crippen LogP contribution in [0, 0.1) is 0 Å². The van der Waals surface area contributed by atoms with Crippen LogP contribution in [0.15, 0.2) is 24.4 Å². The van der Waals surface area contributed by atoms with Crippen molar-refractivity contribution in [1.29, 1.82) is 0 Å². The fourth-order valence-corrected chi connectivity index (χ4v) is 3.85. The molecule has 2 aromatic rings. The van der Waals surface area contributed by atoms with Gasteiger partial charge in [-0.25, -0.2) is 9.78 Å². The highest BCUT2D eigenvalue weighted by Crippen LogP contribution is 2.37. The number of rotatable bonds is 9. The van der Waals surface area contributed by atoms with E-state index in [4.69, 9.17) is 51.6 Å². The van der Waals surface area contributed by atoms with Crippen LogP contribution in [-0.2, 0) is 20.8 Å². The highest BCUT2D eigenvalue weighted by Gasteiger charge is 2.44. The maximum Gasteiger partial charge on any atom is 0.338 e. The van der Waals surface area contributed by atoms with Crippen LogP contribution in [0.5, 0.6) is 17.4 Å². The van der Waals surface area contributed by atoms with E-state index in [0.717, 1.165) is 0 Å². The zero-order chi connectivity index (χ0) is 25.7. The summed E-state index contributed by atoms with van der Waals surface area (Å²) in [7, 11) is 4.10. The Morgan fingerprint density at radius 3 is 2.40 bits per heavy atom. The number of pyridine rings is 1. The van der Waals surface area contributed by atoms with Gasteiger partial charge in [-0.15, -0.1) is 0 Å². The molecule has 1 aliphatic heterocycles. The molecule has 192 valence electrons. The smallest absolute Gasteiger partial charge is 0.338 e. The second-order valence-corrected chi connectivity index (χ2v) is 8.28. The summed E-state index contributed by atoms with van der Waals surface area (Å²) in [6.07, 6.45) is -5.30. The van der Waals surface area contributed by atoms with Gasteiger partial charge in [-0.2, -0.15) is 0 Å². The molecule has 0 saturated carbocycles. The number of aliphatic hydroxyl groups excluding tert-OH is 3. The molecule has 0 unspecified atom stereocenters. The maximum atomic E-state index is 12.6. The van der Waals surface area contributed by atoms with Gasteiger partial charge >= 0.3 is 5.97 Å². The predicted octanol–water partition coefficient (Wildman–Crippen LogP) is 1.60. The first-order valence-corrected chi connectivity index (χ1v) is 11.0. The molecule has 0 aliphatic carbocycles. The molecular weight excluding hydrogens is 509 g/mol. The SMILES string of the molecule is COc1cc(C(=O)OC[C@H]2O[C@@H](OC)[C@H](O)[C@@H](O)[C@@H]2O)cc(Cl)c1OCc1cnc(OC)c(Cl)c1. The Balaban J connectivity index is 1.68. The summed E-state index contributed by atoms with van der Waals surface area (Å²) in [5.74, 6) is -0.163. The van der Waals surface area contributed by atoms with Crippen LogP contribution in [0.3, 0.4) is 0 Å². The lowest BCUT2D eigenvalue weighted by molar-refractivity contribution is -0.294. The molecule has 1 aromatic heterocycles. The van der Waals surface area contributed by atoms with E-state index in [0.29, 0.717) is 10.6 Å². The second kappa shape index (κ2) is 12.0. The zero-order valence-electron chi connectivity index (χ0n) is 19.0. The fraction of sp³-hybridized carbons (Fsp3) is 0.455. The molecule has 0 radical (unpaired) electrons. The van der Waals surface area contributed by atoms with Crippen molar-refractivity contribution in [3.63, 3.8) is 0 Å². The number of halogens is 2. The van der Waals surface area contributed by atoms with Crippen LogP contribution < -0.4 is 14.2 Å². The van der Waals surface area contributed by atoms with Gasteiger partial charge in [-0.05, 0) is 18.2 Å². The quantitative estimate of drug-likeness (QED) is 0.403. The molecule has 11 nitrogen and oxygen atoms in total. The van der Waals surface area contributed by atoms with E-state index in [9.17, 15) is 20.1 Å². The average molecular weight is 534 g/mol. The van der Waals surface area contributed by atoms with Crippen molar-refractivity contribution < 1.29 is 48.5 Å². The number of benzene rings is 1. The molecule has 0 amide bonds. The number of hydrogen-bond acceptors (Lipinski definition) is 11. The van der Waals surface area contributed by atoms with Gasteiger partial charge < -0.3 is 43.7 Å². The van der Waals surface area contributed by atoms with Crippen molar-refractivity contribution in [3.8, 4) is 17.4 Å². The van der Waals surface area contributed by atoms with Gasteiger partial charge in [0.25, 0.3) is 0 Å². The first-order valence-electron chi connectivity index (χ1n) is 10.3. The lowest BCUT2D eigenvalue weighted by Gasteiger charge is -2.39. The number of methoxy groups -OCH3 is 3. The van der Waals surface area contributed by atoms with E-state index in [1.807, 2.05) is 0 Å². The third kappa shape index (κ3) is 6.25. The van der Waals surface area contributed by atoms with Crippen LogP contribution in [-0.4, -0.2) is 84.9 Å². The Morgan fingerprint density at radius 2 is 1.77 bits per heavy atom. The number of ether oxygens (including phenoxy) is 6. The Labute approximate surface area is 211 Å². The molecule has 13 heteroatoms. The van der Waals surface area contributed by atoms with Crippen LogP contribution in [0.25, 0.3) is 0 Å². The lowest BCUT2D eigenvalue weighted by atomic mass is 9.99. The average Bonchev–Trinajstić information content (AvgIpc) is 2.85. The predicted molar refractivity (Wildman–Crippen MR) is 122 cm³/mol. The molecule has 1 aliphatic rings. The van der Waals surface area contributed by atoms with Gasteiger partial charge in [0.2, 0.25) is 5.88 Å². The van der Waals surface area contributed by atoms with Crippen molar-refractivity contribution in [2.24, 2.45) is 0 Å². The van der Waals surface area contributed by atoms with Crippen LogP contribution in [0.2, 0.25) is 10.0 Å². The third-order valence-electron chi connectivity index (χ3n) is 5.19. The molecular formula is C22H25Cl2NO10. The maximum absolute atomic E-state index is 12.6. The number of nitrogens with zero attached hydrogens (tertiary/aromatic N) is 1. The molecule has 0 bridgehead atoms. The van der Waals surface area contributed by atoms with Crippen LogP contribution in [0.1, 0.15) is 15.9 Å². The first kappa shape index (κ1) is 27.2. The monoisotopic (exact) mass is 533 g/mol. The largest absolute Gasteiger partial charge is 0.493 e. The van der Waals surface area contributed by atoms with E-state index in [2.05, 4.69) is 4.98 Å². The van der Waals surface area contributed by atoms with Crippen molar-refractivity contribution in [3.05, 3.63) is 45.6 Å². The van der Waals surface area contributed by atoms with Crippen LogP contribution >= 0.6 is 23.2 Å². The van der Waals surface area contributed by atoms with Gasteiger partial charge in [-0.3, -0.25) is 0 Å². The summed E-state index contributed by atoms with van der Waals surface area (Å²) < 4.78 is 31.6. The van der Waals surface area contributed by atoms with Crippen molar-refractivity contribution >= 4 is 29.2 Å². The summed E-state index contributed by atoms with van der Waals surface area (Å²) in [4.78, 5) is 16.7. The molecule has 1 fully saturated rings. The first-order chi connectivity index (χ1) is 16.7. The van der Waals surface area contributed by atoms with Gasteiger partial charge in [0.15, 0.2) is 17.8 Å². The third-order valence-corrected chi connectivity index (χ3v) is 5.74. The normalized spacial score (nSPS) is 24.1. The minimum Gasteiger partial charge on any atom is -0.493 e. The van der Waals surface area contributed by atoms with Crippen molar-refractivity contribution in [1.82, 2.24) is 4.98 Å². The Kier molecular flexibility index (Phi) is 9.36. The molecule has 1 saturated heterocycles. The second-order valence-electron chi connectivity index (χ2n) is 7.46. The summed E-state index contributed by atoms with van der Waals surface area (Å²) in [5.41, 5.74) is 0.688. The van der Waals surface area contributed by atoms with Crippen molar-refractivity contribution in [2.45, 2.75) is 37.3 Å². The highest BCUT2D eigenvalue weighted by atomic mass is 35.5. The summed E-state index contributed by atoms with van der Waals surface area (Å²) >= 11 is 12.4. The molecule has 3 N–H and O–H groups in total. The standard InChI is InChI=1S/C22H25Cl2NO10/c1-30-14-6-11(21(29)34-9-15-16(26)17(27)18(28)22(32-3)35-15)5-12(23)19(14)33-8-10-4-13(24)20(31-2)25-7-10/h4-7,15-18,22,26-28H,8-9H2,1-3H3/t15-,16-,17+,18-,22-/m1/s1. The van der Waals surface area contributed by atoms with E-state index in [1.165, 1.54) is 39.7 Å². The number of esters is 1.